The van der Waals surface area contributed by atoms with Crippen molar-refractivity contribution in [2.45, 2.75) is 31.2 Å². The summed E-state index contributed by atoms with van der Waals surface area (Å²) in [6, 6.07) is 10.7. The average Bonchev–Trinajstić information content (AvgIpc) is 2.85. The molecule has 3 N–H and O–H groups in total. The van der Waals surface area contributed by atoms with Gasteiger partial charge in [-0.2, -0.15) is 0 Å². The molecule has 0 saturated heterocycles. The van der Waals surface area contributed by atoms with Crippen molar-refractivity contribution in [2.24, 2.45) is 5.14 Å². The minimum atomic E-state index is -3.62. The number of rotatable bonds is 6. The third-order valence-electron chi connectivity index (χ3n) is 3.30. The van der Waals surface area contributed by atoms with Crippen LogP contribution in [0.5, 0.6) is 0 Å². The van der Waals surface area contributed by atoms with Gasteiger partial charge in [-0.15, -0.1) is 0 Å². The predicted octanol–water partition coefficient (Wildman–Crippen LogP) is 2.13. The Kier molecular flexibility index (Phi) is 4.82. The van der Waals surface area contributed by atoms with Crippen molar-refractivity contribution in [3.05, 3.63) is 53.5 Å². The Hall–Kier alpha value is -1.63. The van der Waals surface area contributed by atoms with Crippen LogP contribution in [0.3, 0.4) is 0 Å². The van der Waals surface area contributed by atoms with Crippen LogP contribution in [0, 0.1) is 6.92 Å². The Morgan fingerprint density at radius 2 is 1.86 bits per heavy atom. The summed E-state index contributed by atoms with van der Waals surface area (Å²) in [5.74, 6) is 1.81. The van der Waals surface area contributed by atoms with Crippen molar-refractivity contribution in [3.63, 3.8) is 0 Å². The standard InChI is InChI=1S/C15H20N2O3S/c1-11-3-8-15(20-11)12(2)17-10-9-13-4-6-14(7-5-13)21(16,18)19/h3-8,12,17H,9-10H2,1-2H3,(H2,16,18,19). The molecule has 0 radical (unpaired) electrons. The number of benzene rings is 1. The number of aryl methyl sites for hydroxylation is 1. The second-order valence-corrected chi connectivity index (χ2v) is 6.62. The highest BCUT2D eigenvalue weighted by molar-refractivity contribution is 7.89. The van der Waals surface area contributed by atoms with Crippen LogP contribution in [0.4, 0.5) is 0 Å². The van der Waals surface area contributed by atoms with Gasteiger partial charge in [0.05, 0.1) is 10.9 Å². The lowest BCUT2D eigenvalue weighted by atomic mass is 10.1. The van der Waals surface area contributed by atoms with E-state index in [1.807, 2.05) is 26.0 Å². The van der Waals surface area contributed by atoms with Gasteiger partial charge in [0, 0.05) is 0 Å². The molecular formula is C15H20N2O3S. The number of nitrogens with two attached hydrogens (primary N) is 1. The summed E-state index contributed by atoms with van der Waals surface area (Å²) >= 11 is 0. The maximum atomic E-state index is 11.2. The highest BCUT2D eigenvalue weighted by Crippen LogP contribution is 2.15. The van der Waals surface area contributed by atoms with E-state index in [9.17, 15) is 8.42 Å². The third-order valence-corrected chi connectivity index (χ3v) is 4.23. The Morgan fingerprint density at radius 3 is 2.38 bits per heavy atom. The molecule has 0 spiro atoms. The number of furan rings is 1. The molecule has 114 valence electrons. The van der Waals surface area contributed by atoms with Crippen LogP contribution in [0.25, 0.3) is 0 Å². The molecule has 1 aromatic carbocycles. The quantitative estimate of drug-likeness (QED) is 0.856. The van der Waals surface area contributed by atoms with Gasteiger partial charge in [-0.3, -0.25) is 0 Å². The third kappa shape index (κ3) is 4.42. The van der Waals surface area contributed by atoms with E-state index in [1.54, 1.807) is 12.1 Å². The lowest BCUT2D eigenvalue weighted by molar-refractivity contribution is 0.418. The molecule has 0 amide bonds. The van der Waals surface area contributed by atoms with Gasteiger partial charge in [0.15, 0.2) is 0 Å². The molecule has 0 aliphatic carbocycles. The second-order valence-electron chi connectivity index (χ2n) is 5.06. The van der Waals surface area contributed by atoms with Crippen LogP contribution in [-0.2, 0) is 16.4 Å². The fourth-order valence-electron chi connectivity index (χ4n) is 2.07. The predicted molar refractivity (Wildman–Crippen MR) is 81.4 cm³/mol. The van der Waals surface area contributed by atoms with E-state index in [0.29, 0.717) is 0 Å². The van der Waals surface area contributed by atoms with Crippen molar-refractivity contribution in [1.82, 2.24) is 5.32 Å². The maximum absolute atomic E-state index is 11.2. The Balaban J connectivity index is 1.86. The molecule has 2 rings (SSSR count). The molecule has 21 heavy (non-hydrogen) atoms. The Bertz CT molecular complexity index is 690. The van der Waals surface area contributed by atoms with Gasteiger partial charge in [-0.25, -0.2) is 13.6 Å². The van der Waals surface area contributed by atoms with Crippen molar-refractivity contribution >= 4 is 10.0 Å². The van der Waals surface area contributed by atoms with E-state index < -0.39 is 10.0 Å². The Labute approximate surface area is 125 Å². The zero-order valence-corrected chi connectivity index (χ0v) is 13.0. The topological polar surface area (TPSA) is 85.3 Å². The van der Waals surface area contributed by atoms with Crippen molar-refractivity contribution < 1.29 is 12.8 Å². The number of sulfonamides is 1. The SMILES string of the molecule is Cc1ccc(C(C)NCCc2ccc(S(N)(=O)=O)cc2)o1. The molecule has 1 aromatic heterocycles. The molecule has 0 bridgehead atoms. The van der Waals surface area contributed by atoms with Gasteiger partial charge in [-0.05, 0) is 56.6 Å². The molecule has 1 atom stereocenters. The van der Waals surface area contributed by atoms with E-state index in [1.165, 1.54) is 12.1 Å². The summed E-state index contributed by atoms with van der Waals surface area (Å²) < 4.78 is 27.9. The van der Waals surface area contributed by atoms with Gasteiger partial charge in [0.2, 0.25) is 10.0 Å². The highest BCUT2D eigenvalue weighted by atomic mass is 32.2. The summed E-state index contributed by atoms with van der Waals surface area (Å²) in [7, 11) is -3.62. The summed E-state index contributed by atoms with van der Waals surface area (Å²) in [4.78, 5) is 0.138. The zero-order chi connectivity index (χ0) is 15.5. The van der Waals surface area contributed by atoms with Crippen LogP contribution in [0.2, 0.25) is 0 Å². The minimum absolute atomic E-state index is 0.138. The van der Waals surface area contributed by atoms with Gasteiger partial charge in [-0.1, -0.05) is 12.1 Å². The smallest absolute Gasteiger partial charge is 0.238 e. The number of nitrogens with one attached hydrogen (secondary N) is 1. The number of primary sulfonamides is 1. The van der Waals surface area contributed by atoms with Crippen LogP contribution in [0.1, 0.15) is 30.0 Å². The minimum Gasteiger partial charge on any atom is -0.465 e. The molecule has 0 aliphatic heterocycles. The number of hydrogen-bond acceptors (Lipinski definition) is 4. The van der Waals surface area contributed by atoms with Gasteiger partial charge in [0.25, 0.3) is 0 Å². The lowest BCUT2D eigenvalue weighted by Crippen LogP contribution is -2.21. The average molecular weight is 308 g/mol. The molecule has 6 heteroatoms. The summed E-state index contributed by atoms with van der Waals surface area (Å²) in [6.45, 7) is 4.74. The van der Waals surface area contributed by atoms with E-state index in [0.717, 1.165) is 30.0 Å². The highest BCUT2D eigenvalue weighted by Gasteiger charge is 2.09. The normalized spacial score (nSPS) is 13.3. The van der Waals surface area contributed by atoms with Crippen molar-refractivity contribution in [1.29, 1.82) is 0 Å². The first-order valence-electron chi connectivity index (χ1n) is 6.78. The van der Waals surface area contributed by atoms with E-state index in [2.05, 4.69) is 5.32 Å². The van der Waals surface area contributed by atoms with Crippen LogP contribution in [0.15, 0.2) is 45.7 Å². The molecule has 0 saturated carbocycles. The van der Waals surface area contributed by atoms with Crippen molar-refractivity contribution in [3.8, 4) is 0 Å². The molecule has 5 nitrogen and oxygen atoms in total. The van der Waals surface area contributed by atoms with Crippen molar-refractivity contribution in [2.75, 3.05) is 6.54 Å². The first kappa shape index (κ1) is 15.8. The summed E-state index contributed by atoms with van der Waals surface area (Å²) in [6.07, 6.45) is 0.801. The fourth-order valence-corrected chi connectivity index (χ4v) is 2.58. The first-order valence-corrected chi connectivity index (χ1v) is 8.32. The molecule has 0 fully saturated rings. The Morgan fingerprint density at radius 1 is 1.19 bits per heavy atom. The van der Waals surface area contributed by atoms with Crippen LogP contribution >= 0.6 is 0 Å². The lowest BCUT2D eigenvalue weighted by Gasteiger charge is -2.11. The number of hydrogen-bond donors (Lipinski definition) is 2. The van der Waals surface area contributed by atoms with Gasteiger partial charge < -0.3 is 9.73 Å². The van der Waals surface area contributed by atoms with Gasteiger partial charge in [0.1, 0.15) is 11.5 Å². The second kappa shape index (κ2) is 6.43. The molecular weight excluding hydrogens is 288 g/mol. The van der Waals surface area contributed by atoms with E-state index in [4.69, 9.17) is 9.56 Å². The molecule has 2 aromatic rings. The van der Waals surface area contributed by atoms with Crippen LogP contribution < -0.4 is 10.5 Å². The molecule has 1 unspecified atom stereocenters. The van der Waals surface area contributed by atoms with E-state index >= 15 is 0 Å². The summed E-state index contributed by atoms with van der Waals surface area (Å²) in [5.41, 5.74) is 1.05. The maximum Gasteiger partial charge on any atom is 0.238 e. The van der Waals surface area contributed by atoms with Crippen LogP contribution in [-0.4, -0.2) is 15.0 Å². The monoisotopic (exact) mass is 308 g/mol. The van der Waals surface area contributed by atoms with Gasteiger partial charge >= 0.3 is 0 Å². The molecule has 0 aliphatic rings. The largest absolute Gasteiger partial charge is 0.465 e. The van der Waals surface area contributed by atoms with E-state index in [-0.39, 0.29) is 10.9 Å². The fraction of sp³-hybridized carbons (Fsp3) is 0.333. The zero-order valence-electron chi connectivity index (χ0n) is 12.2. The first-order chi connectivity index (χ1) is 9.86. The molecule has 1 heterocycles. The summed E-state index contributed by atoms with van der Waals surface area (Å²) in [5, 5.41) is 8.43.